The van der Waals surface area contributed by atoms with Crippen molar-refractivity contribution in [2.24, 2.45) is 0 Å². The molecule has 1 saturated heterocycles. The number of methoxy groups -OCH3 is 1. The van der Waals surface area contributed by atoms with E-state index in [-0.39, 0.29) is 12.1 Å². The lowest BCUT2D eigenvalue weighted by Crippen LogP contribution is -2.45. The van der Waals surface area contributed by atoms with E-state index >= 15 is 0 Å². The van der Waals surface area contributed by atoms with Crippen molar-refractivity contribution in [1.29, 1.82) is 0 Å². The van der Waals surface area contributed by atoms with Crippen LogP contribution in [0.2, 0.25) is 0 Å². The van der Waals surface area contributed by atoms with Crippen molar-refractivity contribution in [2.75, 3.05) is 26.8 Å². The molecule has 1 aliphatic rings. The third-order valence-electron chi connectivity index (χ3n) is 3.20. The van der Waals surface area contributed by atoms with E-state index < -0.39 is 0 Å². The lowest BCUT2D eigenvalue weighted by atomic mass is 10.2. The summed E-state index contributed by atoms with van der Waals surface area (Å²) in [5.74, 6) is 0. The number of rotatable bonds is 5. The zero-order valence-corrected chi connectivity index (χ0v) is 10.7. The summed E-state index contributed by atoms with van der Waals surface area (Å²) in [5.41, 5.74) is 0. The first kappa shape index (κ1) is 12.9. The molecule has 0 aliphatic carbocycles. The molecule has 1 fully saturated rings. The molecule has 2 amide bonds. The quantitative estimate of drug-likeness (QED) is 0.839. The topological polar surface area (TPSA) is 59.4 Å². The number of likely N-dealkylation sites (tertiary alicyclic amines) is 1. The van der Waals surface area contributed by atoms with Crippen molar-refractivity contribution in [3.8, 4) is 0 Å². The van der Waals surface area contributed by atoms with Crippen molar-refractivity contribution in [3.63, 3.8) is 0 Å². The van der Waals surface area contributed by atoms with Gasteiger partial charge in [-0.3, -0.25) is 0 Å². The Morgan fingerprint density at radius 2 is 2.50 bits per heavy atom. The molecule has 2 rings (SSSR count). The van der Waals surface area contributed by atoms with Gasteiger partial charge in [-0.05, 0) is 12.8 Å². The van der Waals surface area contributed by atoms with E-state index in [0.29, 0.717) is 13.2 Å². The van der Waals surface area contributed by atoms with Crippen LogP contribution < -0.4 is 5.32 Å². The Hall–Kier alpha value is -1.56. The first-order valence-corrected chi connectivity index (χ1v) is 6.30. The molecule has 100 valence electrons. The standard InChI is InChI=1S/C12H20N4O2/c1-18-9-11-3-2-6-16(11)12(17)14-5-8-15-7-4-13-10-15/h4,7,10-11H,2-3,5-6,8-9H2,1H3,(H,14,17)/t11-/m0/s1. The maximum atomic E-state index is 12.0. The van der Waals surface area contributed by atoms with E-state index in [9.17, 15) is 4.79 Å². The molecule has 6 nitrogen and oxygen atoms in total. The Kier molecular flexibility index (Phi) is 4.58. The first-order valence-electron chi connectivity index (χ1n) is 6.30. The highest BCUT2D eigenvalue weighted by Crippen LogP contribution is 2.17. The molecule has 0 aromatic carbocycles. The Labute approximate surface area is 107 Å². The summed E-state index contributed by atoms with van der Waals surface area (Å²) < 4.78 is 7.08. The van der Waals surface area contributed by atoms with Gasteiger partial charge in [0.1, 0.15) is 0 Å². The number of carbonyl (C=O) groups excluding carboxylic acids is 1. The third kappa shape index (κ3) is 3.22. The number of urea groups is 1. The lowest BCUT2D eigenvalue weighted by Gasteiger charge is -2.24. The van der Waals surface area contributed by atoms with E-state index in [0.717, 1.165) is 25.9 Å². The number of hydrogen-bond acceptors (Lipinski definition) is 3. The second kappa shape index (κ2) is 6.39. The molecule has 18 heavy (non-hydrogen) atoms. The number of carbonyl (C=O) groups is 1. The largest absolute Gasteiger partial charge is 0.383 e. The van der Waals surface area contributed by atoms with Gasteiger partial charge >= 0.3 is 6.03 Å². The Balaban J connectivity index is 1.73. The zero-order valence-electron chi connectivity index (χ0n) is 10.7. The molecule has 1 atom stereocenters. The number of ether oxygens (including phenoxy) is 1. The van der Waals surface area contributed by atoms with Crippen molar-refractivity contribution < 1.29 is 9.53 Å². The summed E-state index contributed by atoms with van der Waals surface area (Å²) >= 11 is 0. The van der Waals surface area contributed by atoms with Crippen LogP contribution in [0.25, 0.3) is 0 Å². The van der Waals surface area contributed by atoms with E-state index in [1.54, 1.807) is 19.6 Å². The molecule has 0 saturated carbocycles. The molecule has 1 aliphatic heterocycles. The molecule has 1 aromatic rings. The number of aromatic nitrogens is 2. The van der Waals surface area contributed by atoms with Gasteiger partial charge in [0, 0.05) is 39.1 Å². The molecular weight excluding hydrogens is 232 g/mol. The molecular formula is C12H20N4O2. The average Bonchev–Trinajstić information content (AvgIpc) is 3.00. The van der Waals surface area contributed by atoms with Crippen LogP contribution in [-0.4, -0.2) is 53.3 Å². The predicted molar refractivity (Wildman–Crippen MR) is 67.2 cm³/mol. The van der Waals surface area contributed by atoms with Crippen LogP contribution >= 0.6 is 0 Å². The van der Waals surface area contributed by atoms with Crippen LogP contribution in [0.1, 0.15) is 12.8 Å². The van der Waals surface area contributed by atoms with Gasteiger partial charge in [-0.2, -0.15) is 0 Å². The minimum absolute atomic E-state index is 0.00895. The lowest BCUT2D eigenvalue weighted by molar-refractivity contribution is 0.123. The number of amides is 2. The van der Waals surface area contributed by atoms with Crippen LogP contribution in [-0.2, 0) is 11.3 Å². The second-order valence-electron chi connectivity index (χ2n) is 4.48. The smallest absolute Gasteiger partial charge is 0.317 e. The van der Waals surface area contributed by atoms with Crippen LogP contribution in [0.3, 0.4) is 0 Å². The van der Waals surface area contributed by atoms with E-state index in [1.165, 1.54) is 0 Å². The van der Waals surface area contributed by atoms with Crippen molar-refractivity contribution in [1.82, 2.24) is 19.8 Å². The Morgan fingerprint density at radius 1 is 1.61 bits per heavy atom. The minimum Gasteiger partial charge on any atom is -0.383 e. The normalized spacial score (nSPS) is 19.2. The van der Waals surface area contributed by atoms with E-state index in [4.69, 9.17) is 4.74 Å². The van der Waals surface area contributed by atoms with Crippen LogP contribution in [0.4, 0.5) is 4.79 Å². The fourth-order valence-electron chi connectivity index (χ4n) is 2.28. The van der Waals surface area contributed by atoms with E-state index in [2.05, 4.69) is 10.3 Å². The van der Waals surface area contributed by atoms with Crippen LogP contribution in [0, 0.1) is 0 Å². The SMILES string of the molecule is COC[C@@H]1CCCN1C(=O)NCCn1ccnc1. The van der Waals surface area contributed by atoms with Gasteiger partial charge in [0.15, 0.2) is 0 Å². The van der Waals surface area contributed by atoms with Crippen LogP contribution in [0.15, 0.2) is 18.7 Å². The summed E-state index contributed by atoms with van der Waals surface area (Å²) in [6.45, 7) is 2.81. The monoisotopic (exact) mass is 252 g/mol. The molecule has 0 radical (unpaired) electrons. The molecule has 0 bridgehead atoms. The molecule has 2 heterocycles. The summed E-state index contributed by atoms with van der Waals surface area (Å²) in [4.78, 5) is 17.8. The van der Waals surface area contributed by atoms with Gasteiger partial charge < -0.3 is 19.5 Å². The molecule has 0 spiro atoms. The van der Waals surface area contributed by atoms with Gasteiger partial charge in [-0.15, -0.1) is 0 Å². The molecule has 0 unspecified atom stereocenters. The highest BCUT2D eigenvalue weighted by molar-refractivity contribution is 5.74. The highest BCUT2D eigenvalue weighted by atomic mass is 16.5. The van der Waals surface area contributed by atoms with Gasteiger partial charge in [0.2, 0.25) is 0 Å². The Morgan fingerprint density at radius 3 is 3.22 bits per heavy atom. The summed E-state index contributed by atoms with van der Waals surface area (Å²) in [5, 5.41) is 2.93. The zero-order chi connectivity index (χ0) is 12.8. The van der Waals surface area contributed by atoms with Crippen LogP contribution in [0.5, 0.6) is 0 Å². The highest BCUT2D eigenvalue weighted by Gasteiger charge is 2.28. The maximum absolute atomic E-state index is 12.0. The number of imidazole rings is 1. The summed E-state index contributed by atoms with van der Waals surface area (Å²) in [7, 11) is 1.67. The van der Waals surface area contributed by atoms with Gasteiger partial charge in [-0.1, -0.05) is 0 Å². The number of hydrogen-bond donors (Lipinski definition) is 1. The summed E-state index contributed by atoms with van der Waals surface area (Å²) in [6.07, 6.45) is 7.45. The molecule has 1 N–H and O–H groups in total. The third-order valence-corrected chi connectivity index (χ3v) is 3.20. The number of nitrogens with zero attached hydrogens (tertiary/aromatic N) is 3. The van der Waals surface area contributed by atoms with Gasteiger partial charge in [-0.25, -0.2) is 9.78 Å². The fourth-order valence-corrected chi connectivity index (χ4v) is 2.28. The molecule has 6 heteroatoms. The molecule has 1 aromatic heterocycles. The Bertz CT molecular complexity index is 366. The fraction of sp³-hybridized carbons (Fsp3) is 0.667. The van der Waals surface area contributed by atoms with E-state index in [1.807, 2.05) is 15.7 Å². The van der Waals surface area contributed by atoms with Gasteiger partial charge in [0.25, 0.3) is 0 Å². The van der Waals surface area contributed by atoms with Crippen molar-refractivity contribution in [3.05, 3.63) is 18.7 Å². The summed E-state index contributed by atoms with van der Waals surface area (Å²) in [6, 6.07) is 0.234. The maximum Gasteiger partial charge on any atom is 0.317 e. The van der Waals surface area contributed by atoms with Gasteiger partial charge in [0.05, 0.1) is 19.0 Å². The first-order chi connectivity index (χ1) is 8.81. The number of nitrogens with one attached hydrogen (secondary N) is 1. The minimum atomic E-state index is 0.00895. The average molecular weight is 252 g/mol. The second-order valence-corrected chi connectivity index (χ2v) is 4.48. The van der Waals surface area contributed by atoms with Crippen molar-refractivity contribution >= 4 is 6.03 Å². The van der Waals surface area contributed by atoms with Crippen molar-refractivity contribution in [2.45, 2.75) is 25.4 Å². The predicted octanol–water partition coefficient (Wildman–Crippen LogP) is 0.703.